The third-order valence-corrected chi connectivity index (χ3v) is 7.72. The molecule has 0 fully saturated rings. The largest absolute Gasteiger partial charge is 0.491 e. The first-order valence-corrected chi connectivity index (χ1v) is 16.7. The highest BCUT2D eigenvalue weighted by atomic mass is 16.6. The number of para-hydroxylation sites is 3. The average Bonchev–Trinajstić information content (AvgIpc) is 3.66. The van der Waals surface area contributed by atoms with Gasteiger partial charge in [-0.3, -0.25) is 18.8 Å². The molecule has 0 saturated carbocycles. The molecule has 1 aliphatic rings. The summed E-state index contributed by atoms with van der Waals surface area (Å²) in [5.74, 6) is 1.22. The van der Waals surface area contributed by atoms with Crippen molar-refractivity contribution in [1.82, 2.24) is 14.3 Å². The highest BCUT2D eigenvalue weighted by molar-refractivity contribution is 6.03. The zero-order valence-electron chi connectivity index (χ0n) is 29.7. The number of amides is 2. The first-order valence-electron chi connectivity index (χ1n) is 16.7. The van der Waals surface area contributed by atoms with Crippen LogP contribution in [-0.4, -0.2) is 51.6 Å². The van der Waals surface area contributed by atoms with Crippen LogP contribution in [0.2, 0.25) is 0 Å². The maximum atomic E-state index is 12.8. The second-order valence-corrected chi connectivity index (χ2v) is 13.9. The lowest BCUT2D eigenvalue weighted by molar-refractivity contribution is -0.116. The Kier molecular flexibility index (Phi) is 10.6. The van der Waals surface area contributed by atoms with Crippen LogP contribution in [0.1, 0.15) is 61.3 Å². The van der Waals surface area contributed by atoms with Gasteiger partial charge in [-0.05, 0) is 66.2 Å². The Morgan fingerprint density at radius 1 is 0.980 bits per heavy atom. The van der Waals surface area contributed by atoms with Crippen molar-refractivity contribution in [2.45, 2.75) is 72.4 Å². The van der Waals surface area contributed by atoms with E-state index in [9.17, 15) is 14.4 Å². The molecule has 0 unspecified atom stereocenters. The fraction of sp³-hybridized carbons (Fsp3) is 0.333. The topological polar surface area (TPSA) is 126 Å². The van der Waals surface area contributed by atoms with Crippen molar-refractivity contribution in [3.05, 3.63) is 79.3 Å². The van der Waals surface area contributed by atoms with Crippen molar-refractivity contribution < 1.29 is 28.6 Å². The summed E-state index contributed by atoms with van der Waals surface area (Å²) in [4.78, 5) is 35.4. The van der Waals surface area contributed by atoms with E-state index in [2.05, 4.69) is 36.5 Å². The van der Waals surface area contributed by atoms with Crippen LogP contribution in [0.5, 0.6) is 11.5 Å². The second-order valence-electron chi connectivity index (χ2n) is 13.9. The molecule has 0 bridgehead atoms. The molecule has 0 atom stereocenters. The predicted molar refractivity (Wildman–Crippen MR) is 196 cm³/mol. The van der Waals surface area contributed by atoms with Crippen molar-refractivity contribution in [3.63, 3.8) is 0 Å². The molecule has 50 heavy (non-hydrogen) atoms. The Morgan fingerprint density at radius 3 is 2.42 bits per heavy atom. The average molecular weight is 680 g/mol. The van der Waals surface area contributed by atoms with Crippen LogP contribution >= 0.6 is 0 Å². The van der Waals surface area contributed by atoms with Gasteiger partial charge in [0.1, 0.15) is 5.60 Å². The maximum absolute atomic E-state index is 12.8. The van der Waals surface area contributed by atoms with E-state index >= 15 is 0 Å². The van der Waals surface area contributed by atoms with E-state index in [4.69, 9.17) is 14.2 Å². The van der Waals surface area contributed by atoms with Crippen molar-refractivity contribution in [1.29, 1.82) is 0 Å². The fourth-order valence-corrected chi connectivity index (χ4v) is 5.45. The Morgan fingerprint density at radius 2 is 1.72 bits per heavy atom. The smallest absolute Gasteiger partial charge is 0.419 e. The molecular weight excluding hydrogens is 634 g/mol. The molecule has 6 rings (SSSR count). The lowest BCUT2D eigenvalue weighted by Crippen LogP contribution is -2.26. The first kappa shape index (κ1) is 35.7. The van der Waals surface area contributed by atoms with Gasteiger partial charge in [-0.2, -0.15) is 5.10 Å². The van der Waals surface area contributed by atoms with Crippen LogP contribution in [0, 0.1) is 0 Å². The zero-order valence-corrected chi connectivity index (χ0v) is 29.7. The number of nitrogens with zero attached hydrogens (tertiary/aromatic N) is 3. The fourth-order valence-electron chi connectivity index (χ4n) is 5.45. The summed E-state index contributed by atoms with van der Waals surface area (Å²) in [6.07, 6.45) is 7.01. The Balaban J connectivity index is 0.000000201. The molecule has 11 heteroatoms. The third-order valence-electron chi connectivity index (χ3n) is 7.72. The molecule has 3 aromatic carbocycles. The number of ether oxygens (including phenoxy) is 3. The number of hydrogen-bond donors (Lipinski definition) is 2. The van der Waals surface area contributed by atoms with Gasteiger partial charge < -0.3 is 24.8 Å². The second kappa shape index (κ2) is 14.9. The van der Waals surface area contributed by atoms with Crippen LogP contribution in [0.3, 0.4) is 0 Å². The summed E-state index contributed by atoms with van der Waals surface area (Å²) >= 11 is 0. The predicted octanol–water partition coefficient (Wildman–Crippen LogP) is 8.47. The molecule has 2 aromatic heterocycles. The molecule has 2 N–H and O–H groups in total. The molecule has 2 amide bonds. The summed E-state index contributed by atoms with van der Waals surface area (Å²) < 4.78 is 20.8. The van der Waals surface area contributed by atoms with Gasteiger partial charge in [0, 0.05) is 40.0 Å². The molecule has 0 spiro atoms. The third kappa shape index (κ3) is 8.16. The summed E-state index contributed by atoms with van der Waals surface area (Å²) in [5, 5.41) is 10.9. The quantitative estimate of drug-likeness (QED) is 0.165. The number of aromatic nitrogens is 3. The van der Waals surface area contributed by atoms with Gasteiger partial charge in [-0.1, -0.05) is 49.4 Å². The molecule has 0 aliphatic carbocycles. The van der Waals surface area contributed by atoms with Gasteiger partial charge in [0.25, 0.3) is 0 Å². The number of carbonyl (C=O) groups excluding carboxylic acids is 3. The molecule has 0 saturated heterocycles. The lowest BCUT2D eigenvalue weighted by Gasteiger charge is -2.19. The normalized spacial score (nSPS) is 12.8. The number of anilines is 2. The van der Waals surface area contributed by atoms with Gasteiger partial charge in [0.2, 0.25) is 12.3 Å². The van der Waals surface area contributed by atoms with E-state index in [0.29, 0.717) is 48.9 Å². The highest BCUT2D eigenvalue weighted by Crippen LogP contribution is 2.42. The van der Waals surface area contributed by atoms with Crippen LogP contribution in [-0.2, 0) is 19.9 Å². The summed E-state index contributed by atoms with van der Waals surface area (Å²) in [5.41, 5.74) is 4.93. The van der Waals surface area contributed by atoms with Gasteiger partial charge >= 0.3 is 6.09 Å². The van der Waals surface area contributed by atoms with Crippen molar-refractivity contribution in [2.75, 3.05) is 23.8 Å². The summed E-state index contributed by atoms with van der Waals surface area (Å²) in [7, 11) is 0. The number of benzene rings is 3. The molecular formula is C39H45N5O6. The monoisotopic (exact) mass is 679 g/mol. The van der Waals surface area contributed by atoms with Crippen molar-refractivity contribution in [2.24, 2.45) is 0 Å². The zero-order chi connectivity index (χ0) is 36.1. The number of fused-ring (bicyclic) bond motifs is 2. The van der Waals surface area contributed by atoms with E-state index in [1.54, 1.807) is 6.20 Å². The highest BCUT2D eigenvalue weighted by Gasteiger charge is 2.24. The Bertz CT molecular complexity index is 2000. The Hall–Kier alpha value is -5.58. The Labute approximate surface area is 292 Å². The molecule has 3 heterocycles. The van der Waals surface area contributed by atoms with Crippen LogP contribution in [0.15, 0.2) is 79.3 Å². The van der Waals surface area contributed by atoms with Crippen molar-refractivity contribution in [3.8, 4) is 33.8 Å². The maximum Gasteiger partial charge on any atom is 0.419 e. The lowest BCUT2D eigenvalue weighted by atomic mass is 10.0. The molecule has 1 aliphatic heterocycles. The SMILES string of the molecule is CC(C)(C)OC(=O)n1cc(-c2cccc3c2OCCC(=O)N3)c2ccccc21.CCCOc1c(NC=O)cccc1-c1cnn(C(C)(C)C)c1. The standard InChI is InChI=1S/C22H22N2O4.C17H23N3O2/c1-22(2,3)28-21(26)24-13-16(14-7-4-5-10-18(14)24)15-8-6-9-17-20(15)27-12-11-19(25)23-17;1-5-9-22-16-14(7-6-8-15(16)18-12-21)13-10-19-20(11-13)17(2,3)4/h4-10,13H,11-12H2,1-3H3,(H,23,25);6-8,10-12H,5,9H2,1-4H3,(H,18,21). The van der Waals surface area contributed by atoms with Crippen LogP contribution in [0.4, 0.5) is 16.2 Å². The van der Waals surface area contributed by atoms with Crippen LogP contribution < -0.4 is 20.1 Å². The minimum absolute atomic E-state index is 0.0768. The van der Waals surface area contributed by atoms with Crippen LogP contribution in [0.25, 0.3) is 33.2 Å². The molecule has 262 valence electrons. The van der Waals surface area contributed by atoms with Gasteiger partial charge in [0.05, 0.1) is 48.3 Å². The minimum Gasteiger partial charge on any atom is -0.491 e. The van der Waals surface area contributed by atoms with Crippen molar-refractivity contribution >= 4 is 40.7 Å². The van der Waals surface area contributed by atoms with E-state index in [1.807, 2.05) is 105 Å². The summed E-state index contributed by atoms with van der Waals surface area (Å²) in [6, 6.07) is 19.0. The molecule has 11 nitrogen and oxygen atoms in total. The van der Waals surface area contributed by atoms with E-state index in [1.165, 1.54) is 4.57 Å². The summed E-state index contributed by atoms with van der Waals surface area (Å²) in [6.45, 7) is 14.8. The van der Waals surface area contributed by atoms with E-state index < -0.39 is 11.7 Å². The number of nitrogens with one attached hydrogen (secondary N) is 2. The number of carbonyl (C=O) groups is 3. The van der Waals surface area contributed by atoms with Gasteiger partial charge in [-0.25, -0.2) is 4.79 Å². The number of rotatable bonds is 7. The minimum atomic E-state index is -0.597. The molecule has 0 radical (unpaired) electrons. The number of hydrogen-bond acceptors (Lipinski definition) is 7. The van der Waals surface area contributed by atoms with Gasteiger partial charge in [-0.15, -0.1) is 0 Å². The van der Waals surface area contributed by atoms with Gasteiger partial charge in [0.15, 0.2) is 11.5 Å². The molecule has 5 aromatic rings. The van der Waals surface area contributed by atoms with E-state index in [0.717, 1.165) is 39.6 Å². The van der Waals surface area contributed by atoms with E-state index in [-0.39, 0.29) is 11.4 Å². The first-order chi connectivity index (χ1) is 23.8.